The van der Waals surface area contributed by atoms with E-state index in [-0.39, 0.29) is 5.91 Å². The monoisotopic (exact) mass is 268 g/mol. The van der Waals surface area contributed by atoms with Crippen LogP contribution in [0.25, 0.3) is 0 Å². The minimum absolute atomic E-state index is 0.0283. The first-order chi connectivity index (χ1) is 9.70. The van der Waals surface area contributed by atoms with Crippen LogP contribution in [0.2, 0.25) is 0 Å². The summed E-state index contributed by atoms with van der Waals surface area (Å²) >= 11 is 0. The zero-order valence-corrected chi connectivity index (χ0v) is 11.3. The summed E-state index contributed by atoms with van der Waals surface area (Å²) in [5.74, 6) is 0.698. The van der Waals surface area contributed by atoms with E-state index in [2.05, 4.69) is 0 Å². The van der Waals surface area contributed by atoms with Crippen molar-refractivity contribution in [3.05, 3.63) is 53.6 Å². The molecule has 0 aromatic heterocycles. The number of para-hydroxylation sites is 2. The molecular weight excluding hydrogens is 252 g/mol. The molecule has 4 nitrogen and oxygen atoms in total. The molecule has 0 saturated carbocycles. The first-order valence-corrected chi connectivity index (χ1v) is 6.63. The molecule has 1 aliphatic heterocycles. The van der Waals surface area contributed by atoms with Crippen LogP contribution in [0.15, 0.2) is 42.5 Å². The summed E-state index contributed by atoms with van der Waals surface area (Å²) in [6.07, 6.45) is 0. The molecule has 3 rings (SSSR count). The number of amides is 1. The number of ether oxygens (including phenoxy) is 1. The third-order valence-corrected chi connectivity index (χ3v) is 3.39. The summed E-state index contributed by atoms with van der Waals surface area (Å²) in [6, 6.07) is 13.1. The topological polar surface area (TPSA) is 55.6 Å². The summed E-state index contributed by atoms with van der Waals surface area (Å²) in [6.45, 7) is 3.05. The summed E-state index contributed by atoms with van der Waals surface area (Å²) in [5.41, 5.74) is 8.84. The van der Waals surface area contributed by atoms with E-state index in [1.807, 2.05) is 43.3 Å². The summed E-state index contributed by atoms with van der Waals surface area (Å²) < 4.78 is 5.60. The fourth-order valence-corrected chi connectivity index (χ4v) is 2.47. The number of carbonyl (C=O) groups is 1. The van der Waals surface area contributed by atoms with E-state index in [1.165, 1.54) is 0 Å². The third kappa shape index (κ3) is 1.99. The number of nitrogens with zero attached hydrogens (tertiary/aromatic N) is 1. The SMILES string of the molecule is CCOc1ccccc1N1Cc2ccc(N)cc2C1=O. The third-order valence-electron chi connectivity index (χ3n) is 3.39. The Morgan fingerprint density at radius 1 is 1.25 bits per heavy atom. The smallest absolute Gasteiger partial charge is 0.259 e. The second-order valence-corrected chi connectivity index (χ2v) is 4.71. The van der Waals surface area contributed by atoms with Crippen molar-refractivity contribution in [1.82, 2.24) is 0 Å². The number of fused-ring (bicyclic) bond motifs is 1. The molecule has 1 heterocycles. The van der Waals surface area contributed by atoms with Crippen molar-refractivity contribution in [1.29, 1.82) is 0 Å². The molecule has 0 bridgehead atoms. The van der Waals surface area contributed by atoms with Crippen LogP contribution < -0.4 is 15.4 Å². The van der Waals surface area contributed by atoms with Gasteiger partial charge in [0.15, 0.2) is 0 Å². The molecule has 102 valence electrons. The van der Waals surface area contributed by atoms with Crippen LogP contribution in [0.4, 0.5) is 11.4 Å². The van der Waals surface area contributed by atoms with Crippen LogP contribution in [0.5, 0.6) is 5.75 Å². The first-order valence-electron chi connectivity index (χ1n) is 6.63. The molecule has 0 aliphatic carbocycles. The number of rotatable bonds is 3. The second-order valence-electron chi connectivity index (χ2n) is 4.71. The molecule has 0 unspecified atom stereocenters. The highest BCUT2D eigenvalue weighted by Crippen LogP contribution is 2.35. The predicted octanol–water partition coefficient (Wildman–Crippen LogP) is 2.83. The number of benzene rings is 2. The number of hydrogen-bond donors (Lipinski definition) is 1. The highest BCUT2D eigenvalue weighted by Gasteiger charge is 2.30. The zero-order valence-electron chi connectivity index (χ0n) is 11.3. The maximum atomic E-state index is 12.5. The van der Waals surface area contributed by atoms with Crippen molar-refractivity contribution in [3.63, 3.8) is 0 Å². The lowest BCUT2D eigenvalue weighted by atomic mass is 10.1. The molecule has 1 amide bonds. The van der Waals surface area contributed by atoms with Gasteiger partial charge in [0.25, 0.3) is 5.91 Å². The molecule has 2 aromatic rings. The van der Waals surface area contributed by atoms with Gasteiger partial charge in [-0.1, -0.05) is 18.2 Å². The number of anilines is 2. The van der Waals surface area contributed by atoms with Gasteiger partial charge >= 0.3 is 0 Å². The normalized spacial score (nSPS) is 13.4. The lowest BCUT2D eigenvalue weighted by Gasteiger charge is -2.19. The summed E-state index contributed by atoms with van der Waals surface area (Å²) in [4.78, 5) is 14.3. The highest BCUT2D eigenvalue weighted by atomic mass is 16.5. The van der Waals surface area contributed by atoms with Crippen LogP contribution in [0, 0.1) is 0 Å². The van der Waals surface area contributed by atoms with Gasteiger partial charge in [-0.3, -0.25) is 4.79 Å². The predicted molar refractivity (Wildman–Crippen MR) is 79.0 cm³/mol. The fourth-order valence-electron chi connectivity index (χ4n) is 2.47. The van der Waals surface area contributed by atoms with Crippen molar-refractivity contribution in [3.8, 4) is 5.75 Å². The molecule has 2 N–H and O–H groups in total. The van der Waals surface area contributed by atoms with Gasteiger partial charge < -0.3 is 15.4 Å². The Morgan fingerprint density at radius 3 is 2.85 bits per heavy atom. The number of hydrogen-bond acceptors (Lipinski definition) is 3. The van der Waals surface area contributed by atoms with Crippen molar-refractivity contribution in [2.24, 2.45) is 0 Å². The van der Waals surface area contributed by atoms with Crippen LogP contribution >= 0.6 is 0 Å². The van der Waals surface area contributed by atoms with Gasteiger partial charge in [-0.25, -0.2) is 0 Å². The Bertz CT molecular complexity index is 667. The van der Waals surface area contributed by atoms with Crippen LogP contribution in [-0.2, 0) is 6.54 Å². The largest absolute Gasteiger partial charge is 0.492 e. The molecule has 4 heteroatoms. The number of carbonyl (C=O) groups excluding carboxylic acids is 1. The molecule has 0 fully saturated rings. The average molecular weight is 268 g/mol. The van der Waals surface area contributed by atoms with Gasteiger partial charge in [0, 0.05) is 11.3 Å². The minimum atomic E-state index is -0.0283. The first kappa shape index (κ1) is 12.5. The van der Waals surface area contributed by atoms with E-state index in [1.54, 1.807) is 11.0 Å². The van der Waals surface area contributed by atoms with Crippen molar-refractivity contribution in [2.45, 2.75) is 13.5 Å². The lowest BCUT2D eigenvalue weighted by molar-refractivity contribution is 0.0996. The minimum Gasteiger partial charge on any atom is -0.492 e. The highest BCUT2D eigenvalue weighted by molar-refractivity contribution is 6.11. The molecule has 20 heavy (non-hydrogen) atoms. The molecule has 0 atom stereocenters. The van der Waals surface area contributed by atoms with E-state index >= 15 is 0 Å². The lowest BCUT2D eigenvalue weighted by Crippen LogP contribution is -2.23. The van der Waals surface area contributed by atoms with Crippen LogP contribution in [-0.4, -0.2) is 12.5 Å². The van der Waals surface area contributed by atoms with Crippen molar-refractivity contribution >= 4 is 17.3 Å². The molecular formula is C16H16N2O2. The van der Waals surface area contributed by atoms with Crippen molar-refractivity contribution in [2.75, 3.05) is 17.2 Å². The van der Waals surface area contributed by atoms with E-state index in [0.29, 0.717) is 24.4 Å². The zero-order chi connectivity index (χ0) is 14.1. The van der Waals surface area contributed by atoms with Gasteiger partial charge in [0.2, 0.25) is 0 Å². The number of nitrogen functional groups attached to an aromatic ring is 1. The molecule has 0 radical (unpaired) electrons. The summed E-state index contributed by atoms with van der Waals surface area (Å²) in [7, 11) is 0. The Labute approximate surface area is 117 Å². The van der Waals surface area contributed by atoms with Gasteiger partial charge in [-0.05, 0) is 36.8 Å². The van der Waals surface area contributed by atoms with E-state index in [0.717, 1.165) is 17.0 Å². The Kier molecular flexibility index (Phi) is 3.06. The van der Waals surface area contributed by atoms with E-state index < -0.39 is 0 Å². The number of nitrogens with two attached hydrogens (primary N) is 1. The van der Waals surface area contributed by atoms with Gasteiger partial charge in [-0.15, -0.1) is 0 Å². The van der Waals surface area contributed by atoms with Gasteiger partial charge in [0.05, 0.1) is 18.8 Å². The Hall–Kier alpha value is -2.49. The van der Waals surface area contributed by atoms with Gasteiger partial charge in [0.1, 0.15) is 5.75 Å². The van der Waals surface area contributed by atoms with E-state index in [4.69, 9.17) is 10.5 Å². The standard InChI is InChI=1S/C16H16N2O2/c1-2-20-15-6-4-3-5-14(15)18-10-11-7-8-12(17)9-13(11)16(18)19/h3-9H,2,10,17H2,1H3. The Morgan fingerprint density at radius 2 is 2.05 bits per heavy atom. The second kappa shape index (κ2) is 4.89. The Balaban J connectivity index is 2.00. The van der Waals surface area contributed by atoms with Crippen LogP contribution in [0.1, 0.15) is 22.8 Å². The van der Waals surface area contributed by atoms with Crippen molar-refractivity contribution < 1.29 is 9.53 Å². The maximum Gasteiger partial charge on any atom is 0.259 e. The maximum absolute atomic E-state index is 12.5. The average Bonchev–Trinajstić information content (AvgIpc) is 2.77. The van der Waals surface area contributed by atoms with Crippen LogP contribution in [0.3, 0.4) is 0 Å². The fraction of sp³-hybridized carbons (Fsp3) is 0.188. The van der Waals surface area contributed by atoms with E-state index in [9.17, 15) is 4.79 Å². The molecule has 1 aliphatic rings. The van der Waals surface area contributed by atoms with Gasteiger partial charge in [-0.2, -0.15) is 0 Å². The summed E-state index contributed by atoms with van der Waals surface area (Å²) in [5, 5.41) is 0. The molecule has 0 spiro atoms. The molecule has 0 saturated heterocycles. The molecule has 2 aromatic carbocycles. The quantitative estimate of drug-likeness (QED) is 0.871.